The van der Waals surface area contributed by atoms with Crippen molar-refractivity contribution in [3.05, 3.63) is 0 Å². The predicted molar refractivity (Wildman–Crippen MR) is 95.6 cm³/mol. The van der Waals surface area contributed by atoms with Crippen LogP contribution in [0.1, 0.15) is 72.1 Å². The van der Waals surface area contributed by atoms with E-state index in [2.05, 4.69) is 25.1 Å². The maximum atomic E-state index is 9.90. The second kappa shape index (κ2) is 7.65. The number of ether oxygens (including phenoxy) is 2. The fraction of sp³-hybridized carbons (Fsp3) is 0.800. The average molecular weight is 356 g/mol. The first-order valence-electron chi connectivity index (χ1n) is 9.58. The van der Waals surface area contributed by atoms with Gasteiger partial charge in [-0.2, -0.15) is 15.8 Å². The highest BCUT2D eigenvalue weighted by Gasteiger charge is 2.77. The van der Waals surface area contributed by atoms with Crippen molar-refractivity contribution >= 4 is 5.90 Å². The molecule has 2 fully saturated rings. The van der Waals surface area contributed by atoms with Gasteiger partial charge in [-0.25, -0.2) is 0 Å². The summed E-state index contributed by atoms with van der Waals surface area (Å²) in [5, 5.41) is 37.9. The summed E-state index contributed by atoms with van der Waals surface area (Å²) in [6, 6.07) is 6.21. The molecule has 0 amide bonds. The zero-order valence-electron chi connectivity index (χ0n) is 16.0. The van der Waals surface area contributed by atoms with Crippen molar-refractivity contribution in [2.45, 2.75) is 84.0 Å². The minimum Gasteiger partial charge on any atom is -0.448 e. The third-order valence-electron chi connectivity index (χ3n) is 6.18. The van der Waals surface area contributed by atoms with Crippen molar-refractivity contribution in [1.29, 1.82) is 21.2 Å². The highest BCUT2D eigenvalue weighted by Crippen LogP contribution is 2.62. The van der Waals surface area contributed by atoms with E-state index in [-0.39, 0.29) is 5.90 Å². The average Bonchev–Trinajstić information content (AvgIpc) is 2.77. The molecule has 26 heavy (non-hydrogen) atoms. The van der Waals surface area contributed by atoms with Crippen molar-refractivity contribution in [1.82, 2.24) is 0 Å². The Hall–Kier alpha value is -2.10. The maximum Gasteiger partial charge on any atom is 0.214 e. The Bertz CT molecular complexity index is 657. The van der Waals surface area contributed by atoms with Gasteiger partial charge in [0.1, 0.15) is 0 Å². The van der Waals surface area contributed by atoms with Gasteiger partial charge in [-0.3, -0.25) is 5.41 Å². The van der Waals surface area contributed by atoms with Crippen LogP contribution in [0.4, 0.5) is 0 Å². The molecule has 0 spiro atoms. The highest BCUT2D eigenvalue weighted by atomic mass is 16.7. The van der Waals surface area contributed by atoms with Crippen molar-refractivity contribution < 1.29 is 9.47 Å². The lowest BCUT2D eigenvalue weighted by atomic mass is 9.54. The molecule has 2 aliphatic heterocycles. The highest BCUT2D eigenvalue weighted by molar-refractivity contribution is 5.89. The molecular weight excluding hydrogens is 328 g/mol. The Morgan fingerprint density at radius 2 is 1.58 bits per heavy atom. The van der Waals surface area contributed by atoms with Crippen LogP contribution in [0.15, 0.2) is 0 Å². The van der Waals surface area contributed by atoms with Gasteiger partial charge in [0.05, 0.1) is 30.2 Å². The molecule has 6 nitrogen and oxygen atoms in total. The van der Waals surface area contributed by atoms with Gasteiger partial charge in [-0.1, -0.05) is 58.8 Å². The number of fused-ring (bicyclic) bond motifs is 2. The first-order chi connectivity index (χ1) is 12.4. The molecule has 0 aliphatic carbocycles. The summed E-state index contributed by atoms with van der Waals surface area (Å²) in [5.41, 5.74) is -3.31. The van der Waals surface area contributed by atoms with Crippen molar-refractivity contribution in [3.63, 3.8) is 0 Å². The van der Waals surface area contributed by atoms with E-state index in [9.17, 15) is 15.8 Å². The number of hydrogen-bond acceptors (Lipinski definition) is 6. The summed E-state index contributed by atoms with van der Waals surface area (Å²) in [6.45, 7) is 5.60. The summed E-state index contributed by atoms with van der Waals surface area (Å²) in [4.78, 5) is 0. The van der Waals surface area contributed by atoms with Gasteiger partial charge in [0, 0.05) is 6.92 Å². The van der Waals surface area contributed by atoms with Crippen LogP contribution in [0.25, 0.3) is 0 Å². The minimum absolute atomic E-state index is 0.319. The van der Waals surface area contributed by atoms with Crippen LogP contribution in [0.3, 0.4) is 0 Å². The number of nitrogens with zero attached hydrogens (tertiary/aromatic N) is 3. The van der Waals surface area contributed by atoms with Gasteiger partial charge in [0.2, 0.25) is 11.7 Å². The molecule has 0 aromatic heterocycles. The molecule has 2 heterocycles. The van der Waals surface area contributed by atoms with Crippen molar-refractivity contribution in [3.8, 4) is 18.2 Å². The van der Waals surface area contributed by atoms with Gasteiger partial charge in [0.15, 0.2) is 10.8 Å². The van der Waals surface area contributed by atoms with Gasteiger partial charge in [-0.15, -0.1) is 0 Å². The number of nitrogens with one attached hydrogen (secondary N) is 1. The molecule has 1 N–H and O–H groups in total. The van der Waals surface area contributed by atoms with Gasteiger partial charge < -0.3 is 9.47 Å². The van der Waals surface area contributed by atoms with Gasteiger partial charge >= 0.3 is 0 Å². The van der Waals surface area contributed by atoms with Gasteiger partial charge in [0.25, 0.3) is 0 Å². The monoisotopic (exact) mass is 356 g/mol. The Morgan fingerprint density at radius 3 is 2.12 bits per heavy atom. The number of rotatable bonds is 8. The molecule has 4 unspecified atom stereocenters. The van der Waals surface area contributed by atoms with E-state index in [0.717, 1.165) is 19.3 Å². The number of hydrogen-bond donors (Lipinski definition) is 1. The molecule has 6 heteroatoms. The fourth-order valence-corrected chi connectivity index (χ4v) is 4.38. The lowest BCUT2D eigenvalue weighted by Gasteiger charge is -2.47. The Balaban J connectivity index is 2.17. The van der Waals surface area contributed by atoms with Crippen molar-refractivity contribution in [2.75, 3.05) is 0 Å². The summed E-state index contributed by atoms with van der Waals surface area (Å²) >= 11 is 0. The molecule has 2 aliphatic rings. The third-order valence-corrected chi connectivity index (χ3v) is 6.18. The first kappa shape index (κ1) is 20.2. The molecule has 140 valence electrons. The Kier molecular flexibility index (Phi) is 5.94. The molecule has 0 radical (unpaired) electrons. The van der Waals surface area contributed by atoms with Crippen LogP contribution >= 0.6 is 0 Å². The second-order valence-electron chi connectivity index (χ2n) is 7.64. The molecular formula is C20H28N4O2. The third kappa shape index (κ3) is 2.76. The summed E-state index contributed by atoms with van der Waals surface area (Å²) in [6.07, 6.45) is 7.58. The SMILES string of the molecule is CCCCCCCCCC1OC2(C)OC(=N)C(C#N)(C2C)C1(C#N)C#N. The van der Waals surface area contributed by atoms with E-state index in [1.54, 1.807) is 13.8 Å². The van der Waals surface area contributed by atoms with E-state index in [1.807, 2.05) is 0 Å². The number of nitriles is 3. The topological polar surface area (TPSA) is 114 Å². The van der Waals surface area contributed by atoms with E-state index < -0.39 is 28.6 Å². The molecule has 4 atom stereocenters. The summed E-state index contributed by atoms with van der Waals surface area (Å²) < 4.78 is 11.6. The molecule has 0 aromatic rings. The van der Waals surface area contributed by atoms with E-state index >= 15 is 0 Å². The largest absolute Gasteiger partial charge is 0.448 e. The molecule has 2 rings (SSSR count). The summed E-state index contributed by atoms with van der Waals surface area (Å²) in [7, 11) is 0. The smallest absolute Gasteiger partial charge is 0.214 e. The zero-order valence-corrected chi connectivity index (χ0v) is 16.0. The van der Waals surface area contributed by atoms with E-state index in [0.29, 0.717) is 6.42 Å². The van der Waals surface area contributed by atoms with E-state index in [4.69, 9.17) is 14.9 Å². The predicted octanol–water partition coefficient (Wildman–Crippen LogP) is 4.43. The Labute approximate surface area is 156 Å². The molecule has 2 bridgehead atoms. The minimum atomic E-state index is -1.73. The van der Waals surface area contributed by atoms with Crippen molar-refractivity contribution in [2.24, 2.45) is 16.7 Å². The lowest BCUT2D eigenvalue weighted by molar-refractivity contribution is -0.267. The molecule has 2 saturated heterocycles. The van der Waals surface area contributed by atoms with E-state index in [1.165, 1.54) is 25.7 Å². The van der Waals surface area contributed by atoms with Crippen LogP contribution < -0.4 is 0 Å². The maximum absolute atomic E-state index is 9.90. The zero-order chi connectivity index (χ0) is 19.4. The van der Waals surface area contributed by atoms with Crippen LogP contribution in [0, 0.1) is 56.2 Å². The Morgan fingerprint density at radius 1 is 1.00 bits per heavy atom. The standard InChI is InChI=1S/C20H28N4O2/c1-4-5-6-7-8-9-10-11-16-19(12-21,13-22)20(14-23)15(2)18(3,25-16)26-17(20)24/h15-16,24H,4-11H2,1-3H3. The van der Waals surface area contributed by atoms with Crippen LogP contribution in [-0.4, -0.2) is 17.8 Å². The van der Waals surface area contributed by atoms with Crippen LogP contribution in [0.5, 0.6) is 0 Å². The quantitative estimate of drug-likeness (QED) is 0.646. The van der Waals surface area contributed by atoms with Crippen LogP contribution in [0.2, 0.25) is 0 Å². The molecule has 0 saturated carbocycles. The van der Waals surface area contributed by atoms with Crippen LogP contribution in [-0.2, 0) is 9.47 Å². The lowest BCUT2D eigenvalue weighted by Crippen LogP contribution is -2.61. The van der Waals surface area contributed by atoms with Gasteiger partial charge in [-0.05, 0) is 6.42 Å². The normalized spacial score (nSPS) is 34.4. The summed E-state index contributed by atoms with van der Waals surface area (Å²) in [5.74, 6) is -2.03. The number of unbranched alkanes of at least 4 members (excludes halogenated alkanes) is 6. The fourth-order valence-electron chi connectivity index (χ4n) is 4.38. The molecule has 0 aromatic carbocycles. The second-order valence-corrected chi connectivity index (χ2v) is 7.64. The first-order valence-corrected chi connectivity index (χ1v) is 9.58.